The topological polar surface area (TPSA) is 99.8 Å². The van der Waals surface area contributed by atoms with Gasteiger partial charge in [0.2, 0.25) is 5.82 Å². The predicted molar refractivity (Wildman–Crippen MR) is 101 cm³/mol. The van der Waals surface area contributed by atoms with Crippen molar-refractivity contribution in [2.45, 2.75) is 17.9 Å². The Kier molecular flexibility index (Phi) is 3.29. The molecule has 2 saturated carbocycles. The Labute approximate surface area is 168 Å². The molecule has 2 amide bonds. The van der Waals surface area contributed by atoms with Crippen molar-refractivity contribution in [1.29, 1.82) is 0 Å². The van der Waals surface area contributed by atoms with E-state index in [1.54, 1.807) is 0 Å². The first-order valence-electron chi connectivity index (χ1n) is 9.57. The minimum Gasteiger partial charge on any atom is -0.334 e. The summed E-state index contributed by atoms with van der Waals surface area (Å²) in [4.78, 5) is 28.4. The fourth-order valence-corrected chi connectivity index (χ4v) is 4.83. The first kappa shape index (κ1) is 17.3. The molecule has 7 nitrogen and oxygen atoms in total. The van der Waals surface area contributed by atoms with Gasteiger partial charge in [-0.25, -0.2) is 8.78 Å². The maximum absolute atomic E-state index is 14.2. The Morgan fingerprint density at radius 2 is 1.90 bits per heavy atom. The molecule has 1 aliphatic heterocycles. The van der Waals surface area contributed by atoms with Crippen molar-refractivity contribution in [1.82, 2.24) is 20.5 Å². The molecular formula is C21H15F2N5O2. The Balaban J connectivity index is 1.21. The SMILES string of the molecule is O=C(N[C@@]12C(=O)Nc3c(F)cc(F)cc3[C@@H]3C1[C@@H]32)c1nnc(Cc2ccccc2)[nH]1. The van der Waals surface area contributed by atoms with Gasteiger partial charge in [-0.05, 0) is 23.1 Å². The van der Waals surface area contributed by atoms with E-state index in [4.69, 9.17) is 0 Å². The number of carbonyl (C=O) groups is 2. The van der Waals surface area contributed by atoms with Gasteiger partial charge in [-0.1, -0.05) is 30.3 Å². The molecule has 3 N–H and O–H groups in total. The molecule has 3 aromatic rings. The lowest BCUT2D eigenvalue weighted by Gasteiger charge is -2.22. The number of benzene rings is 2. The third-order valence-corrected chi connectivity index (χ3v) is 6.30. The van der Waals surface area contributed by atoms with Crippen molar-refractivity contribution >= 4 is 17.5 Å². The fourth-order valence-electron chi connectivity index (χ4n) is 4.83. The quantitative estimate of drug-likeness (QED) is 0.617. The smallest absolute Gasteiger partial charge is 0.289 e. The third-order valence-electron chi connectivity index (χ3n) is 6.30. The highest BCUT2D eigenvalue weighted by molar-refractivity contribution is 6.10. The highest BCUT2D eigenvalue weighted by Crippen LogP contribution is 2.81. The van der Waals surface area contributed by atoms with E-state index in [0.29, 0.717) is 17.8 Å². The number of rotatable bonds is 4. The van der Waals surface area contributed by atoms with Crippen LogP contribution in [0.4, 0.5) is 14.5 Å². The summed E-state index contributed by atoms with van der Waals surface area (Å²) < 4.78 is 27.8. The van der Waals surface area contributed by atoms with Gasteiger partial charge >= 0.3 is 0 Å². The molecule has 3 aliphatic rings. The molecular weight excluding hydrogens is 392 g/mol. The van der Waals surface area contributed by atoms with Crippen LogP contribution in [0.5, 0.6) is 0 Å². The number of nitrogens with zero attached hydrogens (tertiary/aromatic N) is 2. The lowest BCUT2D eigenvalue weighted by Crippen LogP contribution is -2.52. The molecule has 1 unspecified atom stereocenters. The second-order valence-electron chi connectivity index (χ2n) is 7.99. The largest absolute Gasteiger partial charge is 0.334 e. The van der Waals surface area contributed by atoms with Crippen LogP contribution in [0.3, 0.4) is 0 Å². The number of carbonyl (C=O) groups excluding carboxylic acids is 2. The molecule has 1 aromatic heterocycles. The van der Waals surface area contributed by atoms with Crippen molar-refractivity contribution < 1.29 is 18.4 Å². The molecule has 2 heterocycles. The molecule has 2 aromatic carbocycles. The van der Waals surface area contributed by atoms with E-state index in [-0.39, 0.29) is 29.3 Å². The number of fused-ring (bicyclic) bond motifs is 4. The first-order chi connectivity index (χ1) is 14.5. The molecule has 9 heteroatoms. The number of aromatic nitrogens is 3. The van der Waals surface area contributed by atoms with Crippen LogP contribution in [0.25, 0.3) is 0 Å². The summed E-state index contributed by atoms with van der Waals surface area (Å²) in [6, 6.07) is 11.6. The molecule has 0 radical (unpaired) electrons. The van der Waals surface area contributed by atoms with Crippen LogP contribution in [0.15, 0.2) is 42.5 Å². The highest BCUT2D eigenvalue weighted by Gasteiger charge is 2.89. The summed E-state index contributed by atoms with van der Waals surface area (Å²) in [6.07, 6.45) is 0.486. The summed E-state index contributed by atoms with van der Waals surface area (Å²) in [7, 11) is 0. The van der Waals surface area contributed by atoms with Crippen LogP contribution in [0.1, 0.15) is 33.5 Å². The van der Waals surface area contributed by atoms with Crippen LogP contribution in [0, 0.1) is 23.5 Å². The summed E-state index contributed by atoms with van der Waals surface area (Å²) in [5.74, 6) is -2.50. The molecule has 4 atom stereocenters. The van der Waals surface area contributed by atoms with Crippen LogP contribution >= 0.6 is 0 Å². The van der Waals surface area contributed by atoms with E-state index in [1.807, 2.05) is 30.3 Å². The lowest BCUT2D eigenvalue weighted by molar-refractivity contribution is -0.120. The van der Waals surface area contributed by atoms with Crippen LogP contribution in [-0.4, -0.2) is 32.5 Å². The van der Waals surface area contributed by atoms with Crippen LogP contribution in [-0.2, 0) is 11.2 Å². The molecule has 30 heavy (non-hydrogen) atoms. The number of hydrogen-bond acceptors (Lipinski definition) is 4. The van der Waals surface area contributed by atoms with E-state index in [9.17, 15) is 18.4 Å². The summed E-state index contributed by atoms with van der Waals surface area (Å²) in [5.41, 5.74) is 0.344. The summed E-state index contributed by atoms with van der Waals surface area (Å²) in [5, 5.41) is 13.2. The zero-order chi connectivity index (χ0) is 20.6. The third kappa shape index (κ3) is 2.28. The van der Waals surface area contributed by atoms with Gasteiger partial charge in [0.25, 0.3) is 11.8 Å². The summed E-state index contributed by atoms with van der Waals surface area (Å²) >= 11 is 0. The standard InChI is InChI=1S/C21H15F2N5O2/c22-10-7-11-14-15-16(14)21(15,20(30)25-17(11)12(23)8-10)26-19(29)18-24-13(27-28-18)6-9-4-2-1-3-5-9/h1-5,7-8,14-16H,6H2,(H,25,30)(H,26,29)(H,24,27,28)/t14-,15+,16?,21+/m0/s1. The number of anilines is 1. The number of aromatic amines is 1. The van der Waals surface area contributed by atoms with E-state index in [0.717, 1.165) is 11.6 Å². The molecule has 2 fully saturated rings. The van der Waals surface area contributed by atoms with Crippen LogP contribution < -0.4 is 10.6 Å². The van der Waals surface area contributed by atoms with Gasteiger partial charge < -0.3 is 15.6 Å². The number of H-pyrrole nitrogens is 1. The second-order valence-corrected chi connectivity index (χ2v) is 7.99. The Morgan fingerprint density at radius 3 is 2.67 bits per heavy atom. The number of hydrogen-bond donors (Lipinski definition) is 3. The normalized spacial score (nSPS) is 27.4. The van der Waals surface area contributed by atoms with Crippen molar-refractivity contribution in [2.24, 2.45) is 11.8 Å². The Bertz CT molecular complexity index is 1220. The highest BCUT2D eigenvalue weighted by atomic mass is 19.1. The second kappa shape index (κ2) is 5.71. The van der Waals surface area contributed by atoms with Gasteiger partial charge in [0.05, 0.1) is 5.69 Å². The van der Waals surface area contributed by atoms with E-state index < -0.39 is 29.0 Å². The fraction of sp³-hybridized carbons (Fsp3) is 0.238. The molecule has 0 saturated heterocycles. The van der Waals surface area contributed by atoms with Gasteiger partial charge in [-0.2, -0.15) is 0 Å². The van der Waals surface area contributed by atoms with Gasteiger partial charge in [-0.15, -0.1) is 10.2 Å². The maximum Gasteiger partial charge on any atom is 0.289 e. The van der Waals surface area contributed by atoms with Gasteiger partial charge in [-0.3, -0.25) is 9.59 Å². The van der Waals surface area contributed by atoms with Gasteiger partial charge in [0.1, 0.15) is 23.0 Å². The molecule has 0 spiro atoms. The van der Waals surface area contributed by atoms with Crippen LogP contribution in [0.2, 0.25) is 0 Å². The van der Waals surface area contributed by atoms with Crippen molar-refractivity contribution in [3.63, 3.8) is 0 Å². The minimum absolute atomic E-state index is 0.00247. The van der Waals surface area contributed by atoms with E-state index in [1.165, 1.54) is 6.07 Å². The van der Waals surface area contributed by atoms with Gasteiger partial charge in [0, 0.05) is 24.3 Å². The average Bonchev–Trinajstić information content (AvgIpc) is 3.57. The number of amides is 2. The Hall–Kier alpha value is -3.62. The lowest BCUT2D eigenvalue weighted by atomic mass is 9.92. The average molecular weight is 407 g/mol. The Morgan fingerprint density at radius 1 is 1.13 bits per heavy atom. The first-order valence-corrected chi connectivity index (χ1v) is 9.57. The van der Waals surface area contributed by atoms with Crippen molar-refractivity contribution in [2.75, 3.05) is 5.32 Å². The predicted octanol–water partition coefficient (Wildman–Crippen LogP) is 2.14. The zero-order valence-corrected chi connectivity index (χ0v) is 15.4. The number of halogens is 2. The summed E-state index contributed by atoms with van der Waals surface area (Å²) in [6.45, 7) is 0. The van der Waals surface area contributed by atoms with E-state index in [2.05, 4.69) is 25.8 Å². The molecule has 0 bridgehead atoms. The van der Waals surface area contributed by atoms with E-state index >= 15 is 0 Å². The van der Waals surface area contributed by atoms with Crippen molar-refractivity contribution in [3.05, 3.63) is 76.9 Å². The minimum atomic E-state index is -1.12. The molecule has 2 aliphatic carbocycles. The van der Waals surface area contributed by atoms with Crippen molar-refractivity contribution in [3.8, 4) is 0 Å². The maximum atomic E-state index is 14.2. The van der Waals surface area contributed by atoms with Gasteiger partial charge in [0.15, 0.2) is 0 Å². The molecule has 6 rings (SSSR count). The monoisotopic (exact) mass is 407 g/mol. The zero-order valence-electron chi connectivity index (χ0n) is 15.4. The molecule has 150 valence electrons. The number of nitrogens with one attached hydrogen (secondary N) is 3.